The Morgan fingerprint density at radius 3 is 2.81 bits per heavy atom. The Kier molecular flexibility index (Phi) is 4.01. The maximum Gasteiger partial charge on any atom is 0.328 e. The molecule has 0 radical (unpaired) electrons. The van der Waals surface area contributed by atoms with Crippen molar-refractivity contribution < 1.29 is 24.0 Å². The second-order valence-electron chi connectivity index (χ2n) is 3.12. The Bertz CT molecular complexity index is 387. The van der Waals surface area contributed by atoms with E-state index in [-0.39, 0.29) is 12.2 Å². The van der Waals surface area contributed by atoms with Gasteiger partial charge in [0.1, 0.15) is 11.3 Å². The minimum atomic E-state index is -1.16. The summed E-state index contributed by atoms with van der Waals surface area (Å²) in [5, 5.41) is 14.5. The molecule has 1 heterocycles. The third-order valence-corrected chi connectivity index (χ3v) is 1.93. The van der Waals surface area contributed by atoms with E-state index in [9.17, 15) is 9.59 Å². The standard InChI is InChI=1S/C9H12N2O5/c1-5-6(3-10-16-5)8(12)11-7(4-15-2)9(13)14/h3,7H,4H2,1-2H3,(H,11,12)(H,13,14). The summed E-state index contributed by atoms with van der Waals surface area (Å²) < 4.78 is 9.38. The number of carbonyl (C=O) groups excluding carboxylic acids is 1. The van der Waals surface area contributed by atoms with E-state index in [1.807, 2.05) is 0 Å². The number of methoxy groups -OCH3 is 1. The summed E-state index contributed by atoms with van der Waals surface area (Å²) in [4.78, 5) is 22.3. The van der Waals surface area contributed by atoms with Crippen molar-refractivity contribution in [2.75, 3.05) is 13.7 Å². The van der Waals surface area contributed by atoms with Crippen molar-refractivity contribution in [1.82, 2.24) is 10.5 Å². The van der Waals surface area contributed by atoms with Gasteiger partial charge in [0, 0.05) is 7.11 Å². The summed E-state index contributed by atoms with van der Waals surface area (Å²) in [6.45, 7) is 1.46. The van der Waals surface area contributed by atoms with Gasteiger partial charge in [-0.3, -0.25) is 4.79 Å². The minimum Gasteiger partial charge on any atom is -0.480 e. The molecule has 1 aromatic heterocycles. The van der Waals surface area contributed by atoms with Crippen LogP contribution in [0.2, 0.25) is 0 Å². The van der Waals surface area contributed by atoms with E-state index >= 15 is 0 Å². The van der Waals surface area contributed by atoms with E-state index in [1.165, 1.54) is 13.3 Å². The molecular weight excluding hydrogens is 216 g/mol. The van der Waals surface area contributed by atoms with Gasteiger partial charge in [0.2, 0.25) is 0 Å². The summed E-state index contributed by atoms with van der Waals surface area (Å²) in [7, 11) is 1.35. The fourth-order valence-electron chi connectivity index (χ4n) is 1.09. The van der Waals surface area contributed by atoms with Crippen LogP contribution in [0.4, 0.5) is 0 Å². The normalized spacial score (nSPS) is 12.1. The van der Waals surface area contributed by atoms with Crippen molar-refractivity contribution in [2.45, 2.75) is 13.0 Å². The Labute approximate surface area is 91.4 Å². The van der Waals surface area contributed by atoms with Crippen LogP contribution in [-0.2, 0) is 9.53 Å². The number of rotatable bonds is 5. The smallest absolute Gasteiger partial charge is 0.328 e. The van der Waals surface area contributed by atoms with Gasteiger partial charge in [-0.1, -0.05) is 5.16 Å². The lowest BCUT2D eigenvalue weighted by atomic mass is 10.2. The van der Waals surface area contributed by atoms with Crippen LogP contribution in [0.5, 0.6) is 0 Å². The van der Waals surface area contributed by atoms with Gasteiger partial charge < -0.3 is 19.7 Å². The van der Waals surface area contributed by atoms with Crippen molar-refractivity contribution in [3.8, 4) is 0 Å². The van der Waals surface area contributed by atoms with E-state index in [1.54, 1.807) is 6.92 Å². The van der Waals surface area contributed by atoms with Gasteiger partial charge in [-0.25, -0.2) is 4.79 Å². The van der Waals surface area contributed by atoms with Gasteiger partial charge in [-0.2, -0.15) is 0 Å². The number of aryl methyl sites for hydroxylation is 1. The zero-order valence-electron chi connectivity index (χ0n) is 8.89. The van der Waals surface area contributed by atoms with Crippen LogP contribution in [-0.4, -0.2) is 41.9 Å². The quantitative estimate of drug-likeness (QED) is 0.724. The lowest BCUT2D eigenvalue weighted by Crippen LogP contribution is -2.43. The van der Waals surface area contributed by atoms with Crippen LogP contribution in [0.1, 0.15) is 16.1 Å². The highest BCUT2D eigenvalue weighted by Gasteiger charge is 2.22. The van der Waals surface area contributed by atoms with Crippen molar-refractivity contribution in [2.24, 2.45) is 0 Å². The molecular formula is C9H12N2O5. The molecule has 1 atom stereocenters. The number of hydrogen-bond donors (Lipinski definition) is 2. The number of aliphatic carboxylic acids is 1. The first-order valence-electron chi connectivity index (χ1n) is 4.50. The molecule has 1 amide bonds. The molecule has 16 heavy (non-hydrogen) atoms. The fraction of sp³-hybridized carbons (Fsp3) is 0.444. The Balaban J connectivity index is 2.69. The minimum absolute atomic E-state index is 0.106. The topological polar surface area (TPSA) is 102 Å². The maximum absolute atomic E-state index is 11.6. The van der Waals surface area contributed by atoms with Gasteiger partial charge in [-0.05, 0) is 6.92 Å². The molecule has 0 bridgehead atoms. The molecule has 0 aliphatic heterocycles. The average molecular weight is 228 g/mol. The number of carboxylic acids is 1. The summed E-state index contributed by atoms with van der Waals surface area (Å²) >= 11 is 0. The second-order valence-corrected chi connectivity index (χ2v) is 3.12. The van der Waals surface area contributed by atoms with Crippen LogP contribution in [0.3, 0.4) is 0 Å². The summed E-state index contributed by atoms with van der Waals surface area (Å²) in [6.07, 6.45) is 1.23. The Hall–Kier alpha value is -1.89. The van der Waals surface area contributed by atoms with Crippen molar-refractivity contribution >= 4 is 11.9 Å². The van der Waals surface area contributed by atoms with Gasteiger partial charge in [0.25, 0.3) is 5.91 Å². The van der Waals surface area contributed by atoms with E-state index in [4.69, 9.17) is 9.63 Å². The summed E-state index contributed by atoms with van der Waals surface area (Å²) in [6, 6.07) is -1.09. The van der Waals surface area contributed by atoms with Crippen LogP contribution in [0.25, 0.3) is 0 Å². The highest BCUT2D eigenvalue weighted by molar-refractivity contribution is 5.97. The third-order valence-electron chi connectivity index (χ3n) is 1.93. The number of ether oxygens (including phenoxy) is 1. The molecule has 88 valence electrons. The van der Waals surface area contributed by atoms with Crippen LogP contribution < -0.4 is 5.32 Å². The van der Waals surface area contributed by atoms with Gasteiger partial charge >= 0.3 is 5.97 Å². The molecule has 2 N–H and O–H groups in total. The lowest BCUT2D eigenvalue weighted by Gasteiger charge is -2.12. The highest BCUT2D eigenvalue weighted by Crippen LogP contribution is 2.05. The number of carboxylic acid groups (broad SMARTS) is 1. The molecule has 0 spiro atoms. The molecule has 7 heteroatoms. The zero-order chi connectivity index (χ0) is 12.1. The molecule has 0 aliphatic carbocycles. The molecule has 0 aliphatic rings. The van der Waals surface area contributed by atoms with Crippen molar-refractivity contribution in [3.63, 3.8) is 0 Å². The average Bonchev–Trinajstić information content (AvgIpc) is 2.63. The largest absolute Gasteiger partial charge is 0.480 e. The highest BCUT2D eigenvalue weighted by atomic mass is 16.5. The number of aromatic nitrogens is 1. The predicted molar refractivity (Wildman–Crippen MR) is 52.0 cm³/mol. The molecule has 0 fully saturated rings. The van der Waals surface area contributed by atoms with Gasteiger partial charge in [0.05, 0.1) is 12.8 Å². The van der Waals surface area contributed by atoms with Gasteiger partial charge in [0.15, 0.2) is 6.04 Å². The molecule has 1 rings (SSSR count). The number of carbonyl (C=O) groups is 2. The maximum atomic E-state index is 11.6. The first kappa shape index (κ1) is 12.2. The van der Waals surface area contributed by atoms with Gasteiger partial charge in [-0.15, -0.1) is 0 Å². The van der Waals surface area contributed by atoms with E-state index < -0.39 is 17.9 Å². The summed E-state index contributed by atoms with van der Waals surface area (Å²) in [5.41, 5.74) is 0.211. The molecule has 0 aromatic carbocycles. The third kappa shape index (κ3) is 2.80. The number of amides is 1. The first-order chi connectivity index (χ1) is 7.56. The first-order valence-corrected chi connectivity index (χ1v) is 4.50. The van der Waals surface area contributed by atoms with E-state index in [2.05, 4.69) is 15.2 Å². The SMILES string of the molecule is COCC(NC(=O)c1cnoc1C)C(=O)O. The Morgan fingerprint density at radius 1 is 1.69 bits per heavy atom. The molecule has 0 saturated heterocycles. The second kappa shape index (κ2) is 5.26. The van der Waals surface area contributed by atoms with Crippen LogP contribution in [0.15, 0.2) is 10.7 Å². The molecule has 1 unspecified atom stereocenters. The number of nitrogens with zero attached hydrogens (tertiary/aromatic N) is 1. The summed E-state index contributed by atoms with van der Waals surface area (Å²) in [5.74, 6) is -1.38. The predicted octanol–water partition coefficient (Wildman–Crippen LogP) is -0.188. The Morgan fingerprint density at radius 2 is 2.38 bits per heavy atom. The fourth-order valence-corrected chi connectivity index (χ4v) is 1.09. The van der Waals surface area contributed by atoms with Crippen LogP contribution >= 0.6 is 0 Å². The number of hydrogen-bond acceptors (Lipinski definition) is 5. The van der Waals surface area contributed by atoms with Crippen LogP contribution in [0, 0.1) is 6.92 Å². The number of nitrogens with one attached hydrogen (secondary N) is 1. The molecule has 0 saturated carbocycles. The van der Waals surface area contributed by atoms with Crippen molar-refractivity contribution in [1.29, 1.82) is 0 Å². The molecule has 7 nitrogen and oxygen atoms in total. The zero-order valence-corrected chi connectivity index (χ0v) is 8.89. The monoisotopic (exact) mass is 228 g/mol. The molecule has 1 aromatic rings. The van der Waals surface area contributed by atoms with Crippen molar-refractivity contribution in [3.05, 3.63) is 17.5 Å². The van der Waals surface area contributed by atoms with E-state index in [0.29, 0.717) is 5.76 Å². The lowest BCUT2D eigenvalue weighted by molar-refractivity contribution is -0.140. The van der Waals surface area contributed by atoms with E-state index in [0.717, 1.165) is 0 Å².